The summed E-state index contributed by atoms with van der Waals surface area (Å²) in [6.07, 6.45) is 5.08. The summed E-state index contributed by atoms with van der Waals surface area (Å²) in [6, 6.07) is 4.12. The van der Waals surface area contributed by atoms with Gasteiger partial charge in [-0.15, -0.1) is 5.10 Å². The SMILES string of the molecule is CCc1c(N2CCN(C(=O)c3ccncc3O)CC2)c(=O)n2nc(C3=CCCCCC3)nc2n1CC(=O)Nc1ccc(C(F)(F)F)cc1Cl. The van der Waals surface area contributed by atoms with Gasteiger partial charge in [-0.05, 0) is 61.9 Å². The minimum absolute atomic E-state index is 0.00166. The molecule has 258 valence electrons. The molecule has 6 rings (SSSR count). The van der Waals surface area contributed by atoms with Crippen molar-refractivity contribution in [2.45, 2.75) is 58.2 Å². The standard InChI is InChI=1S/C33H34ClF3N8O4/c1-2-25-28(42-13-15-43(16-14-42)30(48)22-11-12-38-18-26(22)46)31(49)45-32(40-29(41-45)20-7-5-3-4-6-8-20)44(25)19-27(47)39-24-10-9-21(17-23(24)34)33(35,36)37/h7,9-12,17-18,46H,2-6,8,13-16,19H2,1H3,(H,39,47). The summed E-state index contributed by atoms with van der Waals surface area (Å²) >= 11 is 6.12. The molecule has 16 heteroatoms. The van der Waals surface area contributed by atoms with Crippen LogP contribution in [0, 0.1) is 0 Å². The fraction of sp³-hybridized carbons (Fsp3) is 0.394. The molecule has 1 fully saturated rings. The highest BCUT2D eigenvalue weighted by Gasteiger charge is 2.32. The molecule has 1 aliphatic heterocycles. The number of alkyl halides is 3. The average Bonchev–Trinajstić information content (AvgIpc) is 3.35. The van der Waals surface area contributed by atoms with Crippen molar-refractivity contribution in [3.05, 3.63) is 80.8 Å². The largest absolute Gasteiger partial charge is 0.505 e. The van der Waals surface area contributed by atoms with Crippen molar-refractivity contribution in [3.63, 3.8) is 0 Å². The van der Waals surface area contributed by atoms with Crippen molar-refractivity contribution in [1.29, 1.82) is 0 Å². The Balaban J connectivity index is 1.36. The number of rotatable bonds is 7. The number of halogens is 4. The van der Waals surface area contributed by atoms with Gasteiger partial charge in [0.05, 0.1) is 33.7 Å². The summed E-state index contributed by atoms with van der Waals surface area (Å²) in [7, 11) is 0. The van der Waals surface area contributed by atoms with Crippen LogP contribution in [0.15, 0.2) is 47.5 Å². The Morgan fingerprint density at radius 1 is 1.08 bits per heavy atom. The van der Waals surface area contributed by atoms with E-state index in [2.05, 4.69) is 21.5 Å². The second kappa shape index (κ2) is 13.9. The van der Waals surface area contributed by atoms with E-state index < -0.39 is 23.2 Å². The Bertz CT molecular complexity index is 2000. The van der Waals surface area contributed by atoms with Crippen LogP contribution in [0.4, 0.5) is 24.5 Å². The van der Waals surface area contributed by atoms with Crippen molar-refractivity contribution < 1.29 is 27.9 Å². The van der Waals surface area contributed by atoms with Gasteiger partial charge in [0.2, 0.25) is 11.7 Å². The van der Waals surface area contributed by atoms with Crippen LogP contribution < -0.4 is 15.8 Å². The summed E-state index contributed by atoms with van der Waals surface area (Å²) in [5, 5.41) is 17.1. The van der Waals surface area contributed by atoms with Gasteiger partial charge >= 0.3 is 6.18 Å². The maximum Gasteiger partial charge on any atom is 0.416 e. The third-order valence-corrected chi connectivity index (χ3v) is 9.09. The number of nitrogens with zero attached hydrogens (tertiary/aromatic N) is 7. The van der Waals surface area contributed by atoms with Crippen molar-refractivity contribution in [3.8, 4) is 5.75 Å². The molecule has 49 heavy (non-hydrogen) atoms. The zero-order valence-electron chi connectivity index (χ0n) is 26.6. The van der Waals surface area contributed by atoms with Gasteiger partial charge in [-0.25, -0.2) is 0 Å². The van der Waals surface area contributed by atoms with E-state index in [9.17, 15) is 32.7 Å². The van der Waals surface area contributed by atoms with E-state index in [-0.39, 0.29) is 66.4 Å². The molecule has 12 nitrogen and oxygen atoms in total. The number of anilines is 2. The van der Waals surface area contributed by atoms with Crippen LogP contribution in [0.1, 0.15) is 66.5 Å². The Kier molecular flexibility index (Phi) is 9.63. The van der Waals surface area contributed by atoms with E-state index in [4.69, 9.17) is 16.6 Å². The highest BCUT2D eigenvalue weighted by Crippen LogP contribution is 2.34. The van der Waals surface area contributed by atoms with E-state index in [1.54, 1.807) is 9.47 Å². The summed E-state index contributed by atoms with van der Waals surface area (Å²) in [4.78, 5) is 52.8. The summed E-state index contributed by atoms with van der Waals surface area (Å²) < 4.78 is 42.4. The molecule has 2 aliphatic rings. The monoisotopic (exact) mass is 698 g/mol. The molecular formula is C33H34ClF3N8O4. The van der Waals surface area contributed by atoms with Crippen LogP contribution >= 0.6 is 11.6 Å². The second-order valence-electron chi connectivity index (χ2n) is 11.9. The van der Waals surface area contributed by atoms with E-state index in [0.717, 1.165) is 55.9 Å². The highest BCUT2D eigenvalue weighted by atomic mass is 35.5. The molecule has 1 aromatic carbocycles. The van der Waals surface area contributed by atoms with Gasteiger partial charge in [-0.2, -0.15) is 22.7 Å². The third kappa shape index (κ3) is 6.98. The van der Waals surface area contributed by atoms with Crippen molar-refractivity contribution in [1.82, 2.24) is 29.0 Å². The van der Waals surface area contributed by atoms with Gasteiger partial charge < -0.3 is 24.8 Å². The lowest BCUT2D eigenvalue weighted by Gasteiger charge is -2.36. The number of carbonyl (C=O) groups is 2. The van der Waals surface area contributed by atoms with Gasteiger partial charge in [-0.1, -0.05) is 31.0 Å². The fourth-order valence-electron chi connectivity index (χ4n) is 6.28. The maximum absolute atomic E-state index is 14.2. The summed E-state index contributed by atoms with van der Waals surface area (Å²) in [5.74, 6) is -0.636. The lowest BCUT2D eigenvalue weighted by molar-refractivity contribution is -0.137. The quantitative estimate of drug-likeness (QED) is 0.270. The number of aromatic hydroxyl groups is 1. The molecule has 3 aromatic heterocycles. The average molecular weight is 699 g/mol. The summed E-state index contributed by atoms with van der Waals surface area (Å²) in [6.45, 7) is 2.57. The number of hydrogen-bond acceptors (Lipinski definition) is 8. The zero-order chi connectivity index (χ0) is 34.9. The van der Waals surface area contributed by atoms with Gasteiger partial charge in [0, 0.05) is 32.4 Å². The maximum atomic E-state index is 14.2. The number of carbonyl (C=O) groups excluding carboxylic acids is 2. The Hall–Kier alpha value is -4.92. The second-order valence-corrected chi connectivity index (χ2v) is 12.3. The molecule has 1 aliphatic carbocycles. The van der Waals surface area contributed by atoms with Crippen LogP contribution in [0.25, 0.3) is 11.4 Å². The first-order valence-electron chi connectivity index (χ1n) is 16.0. The van der Waals surface area contributed by atoms with Crippen molar-refractivity contribution in [2.75, 3.05) is 36.4 Å². The van der Waals surface area contributed by atoms with E-state index >= 15 is 0 Å². The number of fused-ring (bicyclic) bond motifs is 1. The van der Waals surface area contributed by atoms with Gasteiger partial charge in [0.25, 0.3) is 11.5 Å². The number of piperazine rings is 1. The molecule has 2 amide bonds. The highest BCUT2D eigenvalue weighted by molar-refractivity contribution is 6.33. The first kappa shape index (κ1) is 34.0. The number of aromatic nitrogens is 5. The normalized spacial score (nSPS) is 15.7. The Morgan fingerprint density at radius 2 is 1.86 bits per heavy atom. The number of hydrogen-bond donors (Lipinski definition) is 2. The van der Waals surface area contributed by atoms with Gasteiger partial charge in [-0.3, -0.25) is 19.4 Å². The predicted octanol–water partition coefficient (Wildman–Crippen LogP) is 5.17. The molecule has 4 heterocycles. The predicted molar refractivity (Wildman–Crippen MR) is 177 cm³/mol. The molecule has 0 atom stereocenters. The van der Waals surface area contributed by atoms with E-state index in [1.807, 2.05) is 11.8 Å². The molecule has 0 bridgehead atoms. The first-order chi connectivity index (χ1) is 23.5. The van der Waals surface area contributed by atoms with E-state index in [0.29, 0.717) is 23.6 Å². The minimum atomic E-state index is -4.60. The molecule has 1 saturated heterocycles. The molecular weight excluding hydrogens is 665 g/mol. The minimum Gasteiger partial charge on any atom is -0.505 e. The lowest BCUT2D eigenvalue weighted by atomic mass is 10.1. The topological polar surface area (TPSA) is 138 Å². The molecule has 2 N–H and O–H groups in total. The number of benzene rings is 1. The van der Waals surface area contributed by atoms with Crippen molar-refractivity contribution >= 4 is 46.1 Å². The lowest BCUT2D eigenvalue weighted by Crippen LogP contribution is -2.51. The van der Waals surface area contributed by atoms with E-state index in [1.165, 1.54) is 23.0 Å². The fourth-order valence-corrected chi connectivity index (χ4v) is 6.51. The number of allylic oxidation sites excluding steroid dienone is 2. The number of nitrogens with one attached hydrogen (secondary N) is 1. The van der Waals surface area contributed by atoms with Crippen molar-refractivity contribution in [2.24, 2.45) is 0 Å². The van der Waals surface area contributed by atoms with Crippen LogP contribution in [0.2, 0.25) is 5.02 Å². The summed E-state index contributed by atoms with van der Waals surface area (Å²) in [5.41, 5.74) is 0.490. The molecule has 0 saturated carbocycles. The smallest absolute Gasteiger partial charge is 0.416 e. The Labute approximate surface area is 283 Å². The zero-order valence-corrected chi connectivity index (χ0v) is 27.4. The van der Waals surface area contributed by atoms with Crippen LogP contribution in [0.3, 0.4) is 0 Å². The number of pyridine rings is 1. The van der Waals surface area contributed by atoms with Crippen LogP contribution in [-0.2, 0) is 23.9 Å². The van der Waals surface area contributed by atoms with Gasteiger partial charge in [0.1, 0.15) is 18.0 Å². The molecule has 4 aromatic rings. The number of amides is 2. The molecule has 0 unspecified atom stereocenters. The first-order valence-corrected chi connectivity index (χ1v) is 16.4. The molecule has 0 radical (unpaired) electrons. The van der Waals surface area contributed by atoms with Crippen LogP contribution in [0.5, 0.6) is 5.75 Å². The van der Waals surface area contributed by atoms with Crippen LogP contribution in [-0.4, -0.2) is 72.1 Å². The Morgan fingerprint density at radius 3 is 2.55 bits per heavy atom. The third-order valence-electron chi connectivity index (χ3n) is 8.77. The van der Waals surface area contributed by atoms with Gasteiger partial charge in [0.15, 0.2) is 5.82 Å². The molecule has 0 spiro atoms.